The Morgan fingerprint density at radius 2 is 2.26 bits per heavy atom. The molecule has 1 atom stereocenters. The summed E-state index contributed by atoms with van der Waals surface area (Å²) in [5.41, 5.74) is 9.63. The Labute approximate surface area is 119 Å². The first-order chi connectivity index (χ1) is 9.19. The van der Waals surface area contributed by atoms with E-state index in [0.29, 0.717) is 19.8 Å². The van der Waals surface area contributed by atoms with Crippen LogP contribution in [0.5, 0.6) is 0 Å². The van der Waals surface area contributed by atoms with Crippen molar-refractivity contribution in [2.24, 2.45) is 5.73 Å². The van der Waals surface area contributed by atoms with Crippen molar-refractivity contribution in [3.8, 4) is 0 Å². The molecule has 0 bridgehead atoms. The lowest BCUT2D eigenvalue weighted by molar-refractivity contribution is 0.0657. The molecule has 0 amide bonds. The number of nitrogens with zero attached hydrogens (tertiary/aromatic N) is 1. The van der Waals surface area contributed by atoms with Crippen LogP contribution in [-0.2, 0) is 11.3 Å². The van der Waals surface area contributed by atoms with Crippen molar-refractivity contribution in [1.82, 2.24) is 4.90 Å². The molecule has 1 aromatic carbocycles. The monoisotopic (exact) mass is 284 g/mol. The number of benzene rings is 1. The van der Waals surface area contributed by atoms with Crippen LogP contribution in [0.1, 0.15) is 22.7 Å². The molecular weight excluding hydrogens is 264 g/mol. The van der Waals surface area contributed by atoms with Gasteiger partial charge in [0.25, 0.3) is 0 Å². The summed E-state index contributed by atoms with van der Waals surface area (Å²) in [4.78, 5) is 2.31. The molecule has 1 aromatic rings. The van der Waals surface area contributed by atoms with Gasteiger partial charge >= 0.3 is 0 Å². The lowest BCUT2D eigenvalue weighted by Crippen LogP contribution is -2.31. The third-order valence-corrected chi connectivity index (χ3v) is 4.12. The van der Waals surface area contributed by atoms with E-state index in [0.717, 1.165) is 23.7 Å². The molecule has 19 heavy (non-hydrogen) atoms. The van der Waals surface area contributed by atoms with Crippen molar-refractivity contribution in [2.45, 2.75) is 19.5 Å². The summed E-state index contributed by atoms with van der Waals surface area (Å²) in [6, 6.07) is 4.27. The van der Waals surface area contributed by atoms with Crippen LogP contribution in [0.25, 0.3) is 0 Å². The molecule has 3 N–H and O–H groups in total. The molecule has 106 valence electrons. The number of rotatable bonds is 6. The highest BCUT2D eigenvalue weighted by Crippen LogP contribution is 2.36. The lowest BCUT2D eigenvalue weighted by Gasteiger charge is -2.23. The first-order valence-corrected chi connectivity index (χ1v) is 6.97. The van der Waals surface area contributed by atoms with Crippen molar-refractivity contribution in [1.29, 1.82) is 0 Å². The topological polar surface area (TPSA) is 58.7 Å². The number of aliphatic hydroxyl groups is 1. The van der Waals surface area contributed by atoms with Gasteiger partial charge in [-0.1, -0.05) is 17.7 Å². The fourth-order valence-electron chi connectivity index (χ4n) is 2.64. The van der Waals surface area contributed by atoms with E-state index in [4.69, 9.17) is 27.2 Å². The van der Waals surface area contributed by atoms with E-state index >= 15 is 0 Å². The molecule has 1 unspecified atom stereocenters. The van der Waals surface area contributed by atoms with Gasteiger partial charge in [-0.15, -0.1) is 0 Å². The number of nitrogens with two attached hydrogens (primary N) is 1. The largest absolute Gasteiger partial charge is 0.394 e. The average Bonchev–Trinajstić information content (AvgIpc) is 2.77. The zero-order valence-corrected chi connectivity index (χ0v) is 12.0. The fourth-order valence-corrected chi connectivity index (χ4v) is 2.82. The van der Waals surface area contributed by atoms with Crippen molar-refractivity contribution >= 4 is 11.6 Å². The Morgan fingerprint density at radius 3 is 2.95 bits per heavy atom. The molecule has 1 aliphatic rings. The van der Waals surface area contributed by atoms with Gasteiger partial charge in [-0.2, -0.15) is 0 Å². The summed E-state index contributed by atoms with van der Waals surface area (Å²) in [5.74, 6) is 0. The van der Waals surface area contributed by atoms with E-state index in [2.05, 4.69) is 17.9 Å². The molecular formula is C14H21ClN2O2. The van der Waals surface area contributed by atoms with Crippen molar-refractivity contribution in [3.63, 3.8) is 0 Å². The second-order valence-electron chi connectivity index (χ2n) is 4.80. The van der Waals surface area contributed by atoms with Crippen molar-refractivity contribution < 1.29 is 9.84 Å². The number of aliphatic hydroxyl groups excluding tert-OH is 1. The molecule has 0 spiro atoms. The van der Waals surface area contributed by atoms with Gasteiger partial charge in [-0.05, 0) is 29.7 Å². The normalized spacial score (nSPS) is 18.8. The first-order valence-electron chi connectivity index (χ1n) is 6.59. The predicted octanol–water partition coefficient (Wildman–Crippen LogP) is 1.47. The third-order valence-electron chi connectivity index (χ3n) is 3.71. The lowest BCUT2D eigenvalue weighted by atomic mass is 10.0. The van der Waals surface area contributed by atoms with Gasteiger partial charge < -0.3 is 15.6 Å². The molecule has 0 radical (unpaired) electrons. The molecule has 4 nitrogen and oxygen atoms in total. The quantitative estimate of drug-likeness (QED) is 0.777. The van der Waals surface area contributed by atoms with Gasteiger partial charge in [0, 0.05) is 30.7 Å². The van der Waals surface area contributed by atoms with Gasteiger partial charge in [-0.3, -0.25) is 4.90 Å². The summed E-state index contributed by atoms with van der Waals surface area (Å²) in [6.45, 7) is 5.39. The van der Waals surface area contributed by atoms with Crippen LogP contribution in [0.3, 0.4) is 0 Å². The summed E-state index contributed by atoms with van der Waals surface area (Å²) in [6.07, 6.45) is 0. The van der Waals surface area contributed by atoms with Crippen LogP contribution in [0.15, 0.2) is 12.1 Å². The molecule has 2 rings (SSSR count). The van der Waals surface area contributed by atoms with E-state index in [1.165, 1.54) is 11.1 Å². The Balaban J connectivity index is 2.07. The number of hydrogen-bond donors (Lipinski definition) is 2. The minimum Gasteiger partial charge on any atom is -0.394 e. The highest BCUT2D eigenvalue weighted by molar-refractivity contribution is 6.31. The predicted molar refractivity (Wildman–Crippen MR) is 76.3 cm³/mol. The van der Waals surface area contributed by atoms with Crippen molar-refractivity contribution in [3.05, 3.63) is 33.8 Å². The summed E-state index contributed by atoms with van der Waals surface area (Å²) in [5, 5.41) is 9.50. The minimum atomic E-state index is 0.0647. The number of ether oxygens (including phenoxy) is 1. The third kappa shape index (κ3) is 3.09. The van der Waals surface area contributed by atoms with Gasteiger partial charge in [-0.25, -0.2) is 0 Å². The van der Waals surface area contributed by atoms with Crippen LogP contribution < -0.4 is 5.73 Å². The Bertz CT molecular complexity index is 440. The SMILES string of the molecule is Cc1c(Cl)ccc2c1CN(CCOCCO)C2CN. The maximum absolute atomic E-state index is 8.69. The molecule has 1 heterocycles. The fraction of sp³-hybridized carbons (Fsp3) is 0.571. The van der Waals surface area contributed by atoms with Crippen LogP contribution in [0.2, 0.25) is 5.02 Å². The van der Waals surface area contributed by atoms with Gasteiger partial charge in [0.2, 0.25) is 0 Å². The smallest absolute Gasteiger partial charge is 0.0698 e. The average molecular weight is 285 g/mol. The molecule has 5 heteroatoms. The maximum atomic E-state index is 8.69. The van der Waals surface area contributed by atoms with E-state index in [-0.39, 0.29) is 12.6 Å². The summed E-state index contributed by atoms with van der Waals surface area (Å²) >= 11 is 6.17. The Hall–Kier alpha value is -0.650. The number of fused-ring (bicyclic) bond motifs is 1. The zero-order chi connectivity index (χ0) is 13.8. The van der Waals surface area contributed by atoms with Crippen LogP contribution in [-0.4, -0.2) is 42.9 Å². The van der Waals surface area contributed by atoms with E-state index in [9.17, 15) is 0 Å². The molecule has 1 aliphatic heterocycles. The maximum Gasteiger partial charge on any atom is 0.0698 e. The van der Waals surface area contributed by atoms with Crippen molar-refractivity contribution in [2.75, 3.05) is 32.9 Å². The standard InChI is InChI=1S/C14H21ClN2O2/c1-10-12-9-17(4-6-19-7-5-18)14(8-16)11(12)2-3-13(10)15/h2-3,14,18H,4-9,16H2,1H3. The number of halogens is 1. The van der Waals surface area contributed by atoms with Gasteiger partial charge in [0.15, 0.2) is 0 Å². The Kier molecular flexibility index (Phi) is 5.19. The molecule has 0 saturated heterocycles. The van der Waals surface area contributed by atoms with Crippen LogP contribution >= 0.6 is 11.6 Å². The molecule has 0 saturated carbocycles. The minimum absolute atomic E-state index is 0.0647. The molecule has 0 aliphatic carbocycles. The first kappa shape index (κ1) is 14.8. The molecule has 0 fully saturated rings. The second kappa shape index (κ2) is 6.68. The highest BCUT2D eigenvalue weighted by atomic mass is 35.5. The van der Waals surface area contributed by atoms with E-state index in [1.807, 2.05) is 6.07 Å². The second-order valence-corrected chi connectivity index (χ2v) is 5.21. The summed E-state index contributed by atoms with van der Waals surface area (Å²) in [7, 11) is 0. The van der Waals surface area contributed by atoms with E-state index < -0.39 is 0 Å². The van der Waals surface area contributed by atoms with Gasteiger partial charge in [0.1, 0.15) is 0 Å². The van der Waals surface area contributed by atoms with Gasteiger partial charge in [0.05, 0.1) is 19.8 Å². The zero-order valence-electron chi connectivity index (χ0n) is 11.2. The number of hydrogen-bond acceptors (Lipinski definition) is 4. The molecule has 0 aromatic heterocycles. The van der Waals surface area contributed by atoms with Crippen LogP contribution in [0.4, 0.5) is 0 Å². The Morgan fingerprint density at radius 1 is 1.47 bits per heavy atom. The highest BCUT2D eigenvalue weighted by Gasteiger charge is 2.30. The summed E-state index contributed by atoms with van der Waals surface area (Å²) < 4.78 is 5.33. The van der Waals surface area contributed by atoms with Crippen LogP contribution in [0, 0.1) is 6.92 Å². The van der Waals surface area contributed by atoms with E-state index in [1.54, 1.807) is 0 Å².